The van der Waals surface area contributed by atoms with Crippen molar-refractivity contribution in [2.75, 3.05) is 25.4 Å². The maximum atomic E-state index is 13.9. The van der Waals surface area contributed by atoms with E-state index >= 15 is 0 Å². The molecule has 0 radical (unpaired) electrons. The van der Waals surface area contributed by atoms with Crippen LogP contribution in [0.4, 0.5) is 5.69 Å². The van der Waals surface area contributed by atoms with E-state index in [2.05, 4.69) is 0 Å². The van der Waals surface area contributed by atoms with E-state index in [1.54, 1.807) is 25.1 Å². The van der Waals surface area contributed by atoms with Crippen molar-refractivity contribution in [3.63, 3.8) is 0 Å². The molecule has 0 aromatic heterocycles. The Balaban J connectivity index is 1.49. The first kappa shape index (κ1) is 27.2. The van der Waals surface area contributed by atoms with E-state index in [4.69, 9.17) is 18.9 Å². The molecule has 3 aromatic rings. The molecule has 1 fully saturated rings. The number of fused-ring (bicyclic) bond motifs is 1. The molecule has 11 nitrogen and oxygen atoms in total. The summed E-state index contributed by atoms with van der Waals surface area (Å²) in [7, 11) is -2.80. The number of sulfonamides is 1. The number of nitrogens with zero attached hydrogens (tertiary/aromatic N) is 2. The highest BCUT2D eigenvalue weighted by molar-refractivity contribution is 7.89. The number of anilines is 1. The van der Waals surface area contributed by atoms with Gasteiger partial charge in [0.15, 0.2) is 11.5 Å². The number of imide groups is 1. The van der Waals surface area contributed by atoms with E-state index in [1.165, 1.54) is 55.6 Å². The number of benzene rings is 3. The molecule has 2 aliphatic rings. The molecule has 2 amide bonds. The van der Waals surface area contributed by atoms with E-state index in [0.717, 1.165) is 9.21 Å². The summed E-state index contributed by atoms with van der Waals surface area (Å²) in [5.41, 5.74) is 1.02. The molecule has 2 heterocycles. The van der Waals surface area contributed by atoms with E-state index in [9.17, 15) is 22.8 Å². The number of hydrogen-bond donors (Lipinski definition) is 0. The van der Waals surface area contributed by atoms with Crippen LogP contribution >= 0.6 is 0 Å². The highest BCUT2D eigenvalue weighted by Crippen LogP contribution is 2.35. The van der Waals surface area contributed by atoms with E-state index in [1.807, 2.05) is 0 Å². The molecule has 40 heavy (non-hydrogen) atoms. The molecule has 1 unspecified atom stereocenters. The zero-order valence-electron chi connectivity index (χ0n) is 21.7. The summed E-state index contributed by atoms with van der Waals surface area (Å²) < 4.78 is 49.8. The normalized spacial score (nSPS) is 16.5. The SMILES string of the molecule is CCOC(=O)c1ccc(N2C(=O)CC(N(Cc3ccc4c(c3)OCO4)S(=O)(=O)c3ccc(OC)cc3)C2=O)cc1. The van der Waals surface area contributed by atoms with Crippen LogP contribution in [0.25, 0.3) is 0 Å². The number of carbonyl (C=O) groups excluding carboxylic acids is 3. The van der Waals surface area contributed by atoms with Gasteiger partial charge in [-0.2, -0.15) is 4.31 Å². The minimum absolute atomic E-state index is 0.0478. The Hall–Kier alpha value is -4.42. The van der Waals surface area contributed by atoms with Crippen LogP contribution in [0.1, 0.15) is 29.3 Å². The zero-order valence-corrected chi connectivity index (χ0v) is 22.6. The Labute approximate surface area is 230 Å². The molecular formula is C28H26N2O9S. The molecule has 2 aliphatic heterocycles. The minimum atomic E-state index is -4.26. The highest BCUT2D eigenvalue weighted by atomic mass is 32.2. The number of carbonyl (C=O) groups is 3. The van der Waals surface area contributed by atoms with E-state index in [-0.39, 0.29) is 42.5 Å². The van der Waals surface area contributed by atoms with Gasteiger partial charge in [-0.25, -0.2) is 18.1 Å². The summed E-state index contributed by atoms with van der Waals surface area (Å²) in [4.78, 5) is 39.7. The van der Waals surface area contributed by atoms with Crippen LogP contribution in [-0.2, 0) is 30.9 Å². The van der Waals surface area contributed by atoms with Gasteiger partial charge in [0.2, 0.25) is 22.7 Å². The third-order valence-electron chi connectivity index (χ3n) is 6.55. The fourth-order valence-corrected chi connectivity index (χ4v) is 6.11. The first-order valence-electron chi connectivity index (χ1n) is 12.4. The minimum Gasteiger partial charge on any atom is -0.497 e. The van der Waals surface area contributed by atoms with Crippen LogP contribution in [0, 0.1) is 0 Å². The molecule has 0 spiro atoms. The number of rotatable bonds is 9. The Morgan fingerprint density at radius 2 is 1.70 bits per heavy atom. The molecular weight excluding hydrogens is 540 g/mol. The number of esters is 1. The molecule has 0 aliphatic carbocycles. The van der Waals surface area contributed by atoms with Crippen molar-refractivity contribution in [2.45, 2.75) is 30.8 Å². The van der Waals surface area contributed by atoms with Crippen molar-refractivity contribution in [1.29, 1.82) is 0 Å². The number of hydrogen-bond acceptors (Lipinski definition) is 9. The Morgan fingerprint density at radius 3 is 2.38 bits per heavy atom. The van der Waals surface area contributed by atoms with Gasteiger partial charge in [-0.3, -0.25) is 9.59 Å². The number of amides is 2. The van der Waals surface area contributed by atoms with Gasteiger partial charge in [-0.15, -0.1) is 0 Å². The third-order valence-corrected chi connectivity index (χ3v) is 8.42. The Morgan fingerprint density at radius 1 is 1.00 bits per heavy atom. The van der Waals surface area contributed by atoms with Crippen LogP contribution in [0.15, 0.2) is 71.6 Å². The molecule has 12 heteroatoms. The molecule has 208 valence electrons. The summed E-state index contributed by atoms with van der Waals surface area (Å²) >= 11 is 0. The molecule has 0 N–H and O–H groups in total. The first-order valence-corrected chi connectivity index (χ1v) is 13.9. The molecule has 5 rings (SSSR count). The maximum Gasteiger partial charge on any atom is 0.338 e. The topological polar surface area (TPSA) is 129 Å². The predicted molar refractivity (Wildman–Crippen MR) is 142 cm³/mol. The molecule has 0 bridgehead atoms. The van der Waals surface area contributed by atoms with Crippen LogP contribution in [-0.4, -0.2) is 57.1 Å². The Kier molecular flexibility index (Phi) is 7.46. The largest absolute Gasteiger partial charge is 0.497 e. The van der Waals surface area contributed by atoms with Gasteiger partial charge in [0, 0.05) is 6.54 Å². The van der Waals surface area contributed by atoms with Crippen LogP contribution in [0.2, 0.25) is 0 Å². The molecule has 0 saturated carbocycles. The van der Waals surface area contributed by atoms with Gasteiger partial charge in [0.25, 0.3) is 5.91 Å². The maximum absolute atomic E-state index is 13.9. The van der Waals surface area contributed by atoms with Gasteiger partial charge in [0.05, 0.1) is 36.3 Å². The second-order valence-corrected chi connectivity index (χ2v) is 10.9. The van der Waals surface area contributed by atoms with Crippen molar-refractivity contribution >= 4 is 33.5 Å². The lowest BCUT2D eigenvalue weighted by Crippen LogP contribution is -2.45. The van der Waals surface area contributed by atoms with Crippen molar-refractivity contribution in [3.8, 4) is 17.2 Å². The third kappa shape index (κ3) is 5.10. The van der Waals surface area contributed by atoms with E-state index in [0.29, 0.717) is 22.8 Å². The second-order valence-electron chi connectivity index (χ2n) is 8.97. The Bertz CT molecular complexity index is 1550. The number of methoxy groups -OCH3 is 1. The van der Waals surface area contributed by atoms with Crippen molar-refractivity contribution in [3.05, 3.63) is 77.9 Å². The standard InChI is InChI=1S/C28H26N2O9S/c1-3-37-28(33)19-5-7-20(8-6-19)30-26(31)15-23(27(30)32)29(16-18-4-13-24-25(14-18)39-17-38-24)40(34,35)22-11-9-21(36-2)10-12-22/h4-14,23H,3,15-17H2,1-2H3. The smallest absolute Gasteiger partial charge is 0.338 e. The van der Waals surface area contributed by atoms with Crippen molar-refractivity contribution < 1.29 is 41.7 Å². The van der Waals surface area contributed by atoms with Gasteiger partial charge in [-0.1, -0.05) is 6.07 Å². The second kappa shape index (κ2) is 11.0. The fraction of sp³-hybridized carbons (Fsp3) is 0.250. The van der Waals surface area contributed by atoms with Crippen molar-refractivity contribution in [1.82, 2.24) is 4.31 Å². The highest BCUT2D eigenvalue weighted by Gasteiger charge is 2.47. The van der Waals surface area contributed by atoms with Crippen LogP contribution < -0.4 is 19.1 Å². The van der Waals surface area contributed by atoms with Gasteiger partial charge in [-0.05, 0) is 73.2 Å². The van der Waals surface area contributed by atoms with Gasteiger partial charge < -0.3 is 18.9 Å². The lowest BCUT2D eigenvalue weighted by atomic mass is 10.1. The van der Waals surface area contributed by atoms with Crippen LogP contribution in [0.5, 0.6) is 17.2 Å². The summed E-state index contributed by atoms with van der Waals surface area (Å²) in [5, 5.41) is 0. The zero-order chi connectivity index (χ0) is 28.4. The van der Waals surface area contributed by atoms with Crippen molar-refractivity contribution in [2.24, 2.45) is 0 Å². The quantitative estimate of drug-likeness (QED) is 0.283. The lowest BCUT2D eigenvalue weighted by Gasteiger charge is -2.27. The van der Waals surface area contributed by atoms with Crippen LogP contribution in [0.3, 0.4) is 0 Å². The van der Waals surface area contributed by atoms with Gasteiger partial charge in [0.1, 0.15) is 11.8 Å². The molecule has 1 atom stereocenters. The van der Waals surface area contributed by atoms with Gasteiger partial charge >= 0.3 is 5.97 Å². The average Bonchev–Trinajstić information content (AvgIpc) is 3.54. The summed E-state index contributed by atoms with van der Waals surface area (Å²) in [5.74, 6) is -0.363. The van der Waals surface area contributed by atoms with E-state index < -0.39 is 33.8 Å². The fourth-order valence-electron chi connectivity index (χ4n) is 4.54. The molecule has 3 aromatic carbocycles. The predicted octanol–water partition coefficient (Wildman–Crippen LogP) is 3.12. The molecule has 1 saturated heterocycles. The average molecular weight is 567 g/mol. The summed E-state index contributed by atoms with van der Waals surface area (Å²) in [6.07, 6.45) is -0.363. The monoisotopic (exact) mass is 566 g/mol. The first-order chi connectivity index (χ1) is 19.2. The lowest BCUT2D eigenvalue weighted by molar-refractivity contribution is -0.122. The number of ether oxygens (including phenoxy) is 4. The summed E-state index contributed by atoms with van der Waals surface area (Å²) in [6.45, 7) is 1.73. The summed E-state index contributed by atoms with van der Waals surface area (Å²) in [6, 6.07) is 15.2.